The molecule has 1 aromatic carbocycles. The van der Waals surface area contributed by atoms with Gasteiger partial charge in [0.25, 0.3) is 11.2 Å². The Hall–Kier alpha value is -3.19. The number of H-pyrrole nitrogens is 1. The average molecular weight is 331 g/mol. The van der Waals surface area contributed by atoms with E-state index in [-0.39, 0.29) is 33.4 Å². The first-order valence-electron chi connectivity index (χ1n) is 6.16. The Labute approximate surface area is 133 Å². The first-order chi connectivity index (χ1) is 11.0. The Kier molecular flexibility index (Phi) is 5.06. The van der Waals surface area contributed by atoms with E-state index in [1.54, 1.807) is 6.07 Å². The van der Waals surface area contributed by atoms with Gasteiger partial charge in [0.05, 0.1) is 21.9 Å². The zero-order chi connectivity index (χ0) is 16.8. The molecule has 10 heteroatoms. The number of carbonyl (C=O) groups is 1. The number of benzene rings is 1. The Morgan fingerprint density at radius 2 is 2.26 bits per heavy atom. The molecule has 2 N–H and O–H groups in total. The third-order valence-corrected chi connectivity index (χ3v) is 3.48. The average Bonchev–Trinajstić information content (AvgIpc) is 2.53. The minimum Gasteiger partial charge on any atom is -0.324 e. The lowest BCUT2D eigenvalue weighted by Gasteiger charge is -2.06. The van der Waals surface area contributed by atoms with E-state index in [0.717, 1.165) is 17.8 Å². The van der Waals surface area contributed by atoms with Crippen LogP contribution in [0, 0.1) is 21.4 Å². The fraction of sp³-hybridized carbons (Fsp3) is 0.0769. The summed E-state index contributed by atoms with van der Waals surface area (Å²) in [5, 5.41) is 22.4. The van der Waals surface area contributed by atoms with E-state index < -0.39 is 10.8 Å². The number of amides is 1. The minimum absolute atomic E-state index is 0.0104. The van der Waals surface area contributed by atoms with Gasteiger partial charge in [-0.1, -0.05) is 11.8 Å². The molecular formula is C13H9N5O4S. The molecule has 0 aliphatic carbocycles. The molecule has 0 aliphatic heterocycles. The van der Waals surface area contributed by atoms with Crippen molar-refractivity contribution in [1.82, 2.24) is 9.97 Å². The normalized spacial score (nSPS) is 9.87. The Balaban J connectivity index is 2.04. The van der Waals surface area contributed by atoms with Crippen molar-refractivity contribution < 1.29 is 9.72 Å². The minimum atomic E-state index is -0.625. The van der Waals surface area contributed by atoms with Crippen LogP contribution in [0.5, 0.6) is 0 Å². The molecular weight excluding hydrogens is 322 g/mol. The Morgan fingerprint density at radius 3 is 2.91 bits per heavy atom. The highest BCUT2D eigenvalue weighted by Gasteiger charge is 2.13. The zero-order valence-corrected chi connectivity index (χ0v) is 12.3. The molecule has 0 atom stereocenters. The Morgan fingerprint density at radius 1 is 1.48 bits per heavy atom. The monoisotopic (exact) mass is 331 g/mol. The summed E-state index contributed by atoms with van der Waals surface area (Å²) in [6, 6.07) is 6.61. The van der Waals surface area contributed by atoms with E-state index >= 15 is 0 Å². The number of hydrogen-bond donors (Lipinski definition) is 2. The number of hydrogen-bond acceptors (Lipinski definition) is 7. The van der Waals surface area contributed by atoms with Gasteiger partial charge < -0.3 is 10.3 Å². The van der Waals surface area contributed by atoms with Crippen LogP contribution in [0.4, 0.5) is 11.4 Å². The summed E-state index contributed by atoms with van der Waals surface area (Å²) in [6.07, 6.45) is 1.32. The molecule has 0 aliphatic rings. The molecule has 1 amide bonds. The van der Waals surface area contributed by atoms with Crippen LogP contribution in [0.2, 0.25) is 0 Å². The van der Waals surface area contributed by atoms with Gasteiger partial charge in [0.1, 0.15) is 6.07 Å². The highest BCUT2D eigenvalue weighted by atomic mass is 32.2. The predicted octanol–water partition coefficient (Wildman–Crippen LogP) is 1.28. The number of nitro groups is 1. The number of nitro benzene ring substituents is 1. The van der Waals surface area contributed by atoms with Crippen molar-refractivity contribution in [2.45, 2.75) is 5.16 Å². The second-order valence-corrected chi connectivity index (χ2v) is 5.14. The van der Waals surface area contributed by atoms with E-state index in [2.05, 4.69) is 15.3 Å². The van der Waals surface area contributed by atoms with E-state index in [1.165, 1.54) is 24.4 Å². The van der Waals surface area contributed by atoms with Gasteiger partial charge >= 0.3 is 0 Å². The summed E-state index contributed by atoms with van der Waals surface area (Å²) in [7, 11) is 0. The summed E-state index contributed by atoms with van der Waals surface area (Å²) >= 11 is 1.01. The number of rotatable bonds is 5. The number of aromatic amines is 1. The molecule has 0 saturated carbocycles. The highest BCUT2D eigenvalue weighted by Crippen LogP contribution is 2.22. The maximum absolute atomic E-state index is 11.9. The fourth-order valence-electron chi connectivity index (χ4n) is 1.59. The van der Waals surface area contributed by atoms with Crippen molar-refractivity contribution in [2.24, 2.45) is 0 Å². The molecule has 0 spiro atoms. The SMILES string of the molecule is N#Cc1cc([N+](=O)[O-])ccc1NC(=O)CSc1nccc(=O)[nH]1. The lowest BCUT2D eigenvalue weighted by atomic mass is 10.1. The van der Waals surface area contributed by atoms with Gasteiger partial charge in [0.15, 0.2) is 5.16 Å². The molecule has 1 aromatic heterocycles. The Bertz CT molecular complexity index is 858. The molecule has 9 nitrogen and oxygen atoms in total. The molecule has 23 heavy (non-hydrogen) atoms. The van der Waals surface area contributed by atoms with Gasteiger partial charge in [0, 0.05) is 24.4 Å². The van der Waals surface area contributed by atoms with Crippen molar-refractivity contribution in [3.63, 3.8) is 0 Å². The predicted molar refractivity (Wildman–Crippen MR) is 82.0 cm³/mol. The van der Waals surface area contributed by atoms with E-state index in [4.69, 9.17) is 5.26 Å². The van der Waals surface area contributed by atoms with Crippen molar-refractivity contribution in [2.75, 3.05) is 11.1 Å². The third kappa shape index (κ3) is 4.39. The van der Waals surface area contributed by atoms with Crippen molar-refractivity contribution in [1.29, 1.82) is 5.26 Å². The molecule has 0 unspecified atom stereocenters. The van der Waals surface area contributed by atoms with Crippen LogP contribution in [-0.2, 0) is 4.79 Å². The summed E-state index contributed by atoms with van der Waals surface area (Å²) in [5.41, 5.74) is -0.396. The molecule has 0 radical (unpaired) electrons. The van der Waals surface area contributed by atoms with Crippen molar-refractivity contribution >= 4 is 29.0 Å². The van der Waals surface area contributed by atoms with Gasteiger partial charge in [-0.25, -0.2) is 4.98 Å². The number of non-ortho nitro benzene ring substituents is 1. The van der Waals surface area contributed by atoms with Gasteiger partial charge in [-0.3, -0.25) is 19.7 Å². The fourth-order valence-corrected chi connectivity index (χ4v) is 2.24. The maximum Gasteiger partial charge on any atom is 0.270 e. The van der Waals surface area contributed by atoms with Crippen LogP contribution in [0.15, 0.2) is 40.4 Å². The number of anilines is 1. The lowest BCUT2D eigenvalue weighted by Crippen LogP contribution is -2.16. The number of nitrogens with one attached hydrogen (secondary N) is 2. The quantitative estimate of drug-likeness (QED) is 0.363. The summed E-state index contributed by atoms with van der Waals surface area (Å²) < 4.78 is 0. The van der Waals surface area contributed by atoms with Crippen LogP contribution >= 0.6 is 11.8 Å². The summed E-state index contributed by atoms with van der Waals surface area (Å²) in [6.45, 7) is 0. The number of nitriles is 1. The largest absolute Gasteiger partial charge is 0.324 e. The van der Waals surface area contributed by atoms with Crippen LogP contribution in [0.25, 0.3) is 0 Å². The molecule has 0 bridgehead atoms. The number of carbonyl (C=O) groups excluding carboxylic acids is 1. The molecule has 0 saturated heterocycles. The van der Waals surface area contributed by atoms with Gasteiger partial charge in [0.2, 0.25) is 5.91 Å². The smallest absolute Gasteiger partial charge is 0.270 e. The number of thioether (sulfide) groups is 1. The lowest BCUT2D eigenvalue weighted by molar-refractivity contribution is -0.384. The number of nitrogens with zero attached hydrogens (tertiary/aromatic N) is 3. The van der Waals surface area contributed by atoms with Crippen LogP contribution < -0.4 is 10.9 Å². The van der Waals surface area contributed by atoms with Crippen LogP contribution in [0.3, 0.4) is 0 Å². The standard InChI is InChI=1S/C13H9N5O4S/c14-6-8-5-9(18(21)22)1-2-10(8)16-12(20)7-23-13-15-4-3-11(19)17-13/h1-5H,7H2,(H,16,20)(H,15,17,19). The number of aromatic nitrogens is 2. The summed E-state index contributed by atoms with van der Waals surface area (Å²) in [4.78, 5) is 39.3. The van der Waals surface area contributed by atoms with E-state index in [0.29, 0.717) is 0 Å². The topological polar surface area (TPSA) is 142 Å². The van der Waals surface area contributed by atoms with Crippen LogP contribution in [-0.4, -0.2) is 26.6 Å². The first-order valence-corrected chi connectivity index (χ1v) is 7.14. The van der Waals surface area contributed by atoms with E-state index in [9.17, 15) is 19.7 Å². The maximum atomic E-state index is 11.9. The summed E-state index contributed by atoms with van der Waals surface area (Å²) in [5.74, 6) is -0.485. The highest BCUT2D eigenvalue weighted by molar-refractivity contribution is 7.99. The van der Waals surface area contributed by atoms with Gasteiger partial charge in [-0.2, -0.15) is 5.26 Å². The van der Waals surface area contributed by atoms with Gasteiger partial charge in [-0.05, 0) is 6.07 Å². The second-order valence-electron chi connectivity index (χ2n) is 4.17. The van der Waals surface area contributed by atoms with Crippen LogP contribution in [0.1, 0.15) is 5.56 Å². The van der Waals surface area contributed by atoms with Crippen molar-refractivity contribution in [3.05, 3.63) is 56.5 Å². The molecule has 1 heterocycles. The first kappa shape index (κ1) is 16.2. The van der Waals surface area contributed by atoms with E-state index in [1.807, 2.05) is 0 Å². The third-order valence-electron chi connectivity index (χ3n) is 2.60. The van der Waals surface area contributed by atoms with Crippen molar-refractivity contribution in [3.8, 4) is 6.07 Å². The molecule has 116 valence electrons. The zero-order valence-electron chi connectivity index (χ0n) is 11.5. The molecule has 0 fully saturated rings. The van der Waals surface area contributed by atoms with Gasteiger partial charge in [-0.15, -0.1) is 0 Å². The molecule has 2 rings (SSSR count). The molecule has 2 aromatic rings. The second kappa shape index (κ2) is 7.19.